The molecule has 3 unspecified atom stereocenters. The number of hydrogen-bond donors (Lipinski definition) is 1. The largest absolute Gasteiger partial charge is 0.336 e. The first kappa shape index (κ1) is 30.9. The number of ether oxygens (including phenoxy) is 1. The molecular formula is C29H37N8O5P. The molecule has 14 heteroatoms. The van der Waals surface area contributed by atoms with Crippen LogP contribution in [-0.4, -0.2) is 90.9 Å². The molecule has 2 bridgehead atoms. The van der Waals surface area contributed by atoms with Crippen LogP contribution in [0.1, 0.15) is 57.6 Å². The number of fused-ring (bicyclic) bond motifs is 3. The van der Waals surface area contributed by atoms with E-state index in [4.69, 9.17) is 20.4 Å². The molecule has 228 valence electrons. The minimum Gasteiger partial charge on any atom is -0.336 e. The number of anilines is 1. The summed E-state index contributed by atoms with van der Waals surface area (Å²) >= 11 is 0. The van der Waals surface area contributed by atoms with Crippen LogP contribution in [0.5, 0.6) is 0 Å². The van der Waals surface area contributed by atoms with Gasteiger partial charge in [-0.05, 0) is 46.2 Å². The van der Waals surface area contributed by atoms with Gasteiger partial charge in [-0.25, -0.2) is 26.2 Å². The number of aromatic nitrogens is 4. The van der Waals surface area contributed by atoms with Crippen molar-refractivity contribution in [3.8, 4) is 0 Å². The third kappa shape index (κ3) is 5.50. The molecule has 43 heavy (non-hydrogen) atoms. The second kappa shape index (κ2) is 12.6. The number of carbonyl (C=O) groups excluding carboxylic acids is 2. The van der Waals surface area contributed by atoms with Gasteiger partial charge < -0.3 is 28.8 Å². The van der Waals surface area contributed by atoms with Crippen LogP contribution in [0.4, 0.5) is 5.82 Å². The average molecular weight is 609 g/mol. The number of morpholine rings is 1. The SMILES string of the molecule is [C-]#[N+]CCOP(OC1C2[C@H](n3cnc4c(NC(=O)c5ccccc5)ncnc43)O[C@@]1(CC)C(=O)N2C)N(C(C)C)C(C)C. The van der Waals surface area contributed by atoms with Crippen LogP contribution < -0.4 is 5.32 Å². The summed E-state index contributed by atoms with van der Waals surface area (Å²) in [6, 6.07) is 8.52. The van der Waals surface area contributed by atoms with Gasteiger partial charge in [-0.2, -0.15) is 0 Å². The lowest BCUT2D eigenvalue weighted by Gasteiger charge is -2.38. The molecule has 0 saturated carbocycles. The van der Waals surface area contributed by atoms with E-state index in [1.807, 2.05) is 13.0 Å². The number of carbonyl (C=O) groups is 2. The summed E-state index contributed by atoms with van der Waals surface area (Å²) in [4.78, 5) is 44.9. The molecule has 4 heterocycles. The molecule has 2 saturated heterocycles. The highest BCUT2D eigenvalue weighted by Gasteiger charge is 2.70. The molecule has 2 aliphatic rings. The van der Waals surface area contributed by atoms with Crippen LogP contribution in [0.25, 0.3) is 16.0 Å². The Kier molecular flexibility index (Phi) is 9.06. The zero-order valence-corrected chi connectivity index (χ0v) is 26.1. The second-order valence-corrected chi connectivity index (χ2v) is 12.5. The maximum Gasteiger partial charge on any atom is 0.259 e. The molecule has 2 aromatic heterocycles. The Bertz CT molecular complexity index is 1500. The highest BCUT2D eigenvalue weighted by atomic mass is 31.2. The average Bonchev–Trinajstić information content (AvgIpc) is 3.62. The van der Waals surface area contributed by atoms with Crippen molar-refractivity contribution in [3.63, 3.8) is 0 Å². The fraction of sp³-hybridized carbons (Fsp3) is 0.517. The van der Waals surface area contributed by atoms with Gasteiger partial charge in [0, 0.05) is 24.7 Å². The third-order valence-electron chi connectivity index (χ3n) is 7.80. The maximum atomic E-state index is 13.6. The van der Waals surface area contributed by atoms with Crippen LogP contribution in [0.3, 0.4) is 0 Å². The number of imidazole rings is 1. The van der Waals surface area contributed by atoms with Crippen molar-refractivity contribution in [2.45, 2.75) is 77.1 Å². The molecule has 2 fully saturated rings. The van der Waals surface area contributed by atoms with Gasteiger partial charge in [0.2, 0.25) is 6.54 Å². The van der Waals surface area contributed by atoms with E-state index in [1.165, 1.54) is 6.33 Å². The monoisotopic (exact) mass is 608 g/mol. The highest BCUT2D eigenvalue weighted by molar-refractivity contribution is 7.44. The Balaban J connectivity index is 1.49. The van der Waals surface area contributed by atoms with Gasteiger partial charge in [0.15, 0.2) is 28.8 Å². The topological polar surface area (TPSA) is 128 Å². The number of likely N-dealkylation sites (N-methyl/N-ethyl adjacent to an activating group) is 1. The number of benzene rings is 1. The van der Waals surface area contributed by atoms with Crippen LogP contribution in [0.15, 0.2) is 43.0 Å². The van der Waals surface area contributed by atoms with Crippen LogP contribution in [0, 0.1) is 6.57 Å². The van der Waals surface area contributed by atoms with E-state index in [-0.39, 0.29) is 42.9 Å². The van der Waals surface area contributed by atoms with E-state index >= 15 is 0 Å². The third-order valence-corrected chi connectivity index (χ3v) is 9.92. The van der Waals surface area contributed by atoms with Crippen LogP contribution in [0.2, 0.25) is 0 Å². The van der Waals surface area contributed by atoms with Crippen molar-refractivity contribution < 1.29 is 23.4 Å². The molecule has 5 atom stereocenters. The van der Waals surface area contributed by atoms with Crippen molar-refractivity contribution in [2.24, 2.45) is 0 Å². The molecule has 0 radical (unpaired) electrons. The Labute approximate surface area is 252 Å². The summed E-state index contributed by atoms with van der Waals surface area (Å²) in [5.74, 6) is -0.209. The summed E-state index contributed by atoms with van der Waals surface area (Å²) in [7, 11) is 0.121. The number of rotatable bonds is 12. The first-order valence-corrected chi connectivity index (χ1v) is 15.5. The fourth-order valence-corrected chi connectivity index (χ4v) is 7.65. The molecule has 0 spiro atoms. The summed E-state index contributed by atoms with van der Waals surface area (Å²) in [5, 5.41) is 2.83. The van der Waals surface area contributed by atoms with Crippen molar-refractivity contribution in [3.05, 3.63) is 60.0 Å². The Morgan fingerprint density at radius 3 is 2.58 bits per heavy atom. The first-order chi connectivity index (χ1) is 20.6. The van der Waals surface area contributed by atoms with Gasteiger partial charge in [-0.1, -0.05) is 25.1 Å². The number of likely N-dealkylation sites (tertiary alicyclic amines) is 1. The fourth-order valence-electron chi connectivity index (χ4n) is 5.87. The molecule has 1 N–H and O–H groups in total. The number of nitrogens with one attached hydrogen (secondary N) is 1. The zero-order chi connectivity index (χ0) is 30.9. The minimum atomic E-state index is -1.63. The standard InChI is InChI=1S/C29H37N8O5P/c1-8-29-23(42-43(40-15-14-30-6)37(18(2)3)19(4)5)22(35(7)28(29)39)27(41-29)36-17-33-21-24(31-16-32-25(21)36)34-26(38)20-12-10-9-11-13-20/h9-13,16-19,22-23,27H,8,14-15H2,1-5,7H3,(H,31,32,34,38)/t22?,23?,27-,29-,43?/m1/s1. The lowest BCUT2D eigenvalue weighted by molar-refractivity contribution is -0.174. The summed E-state index contributed by atoms with van der Waals surface area (Å²) in [5.41, 5.74) is 0.0811. The van der Waals surface area contributed by atoms with E-state index in [2.05, 4.69) is 57.5 Å². The summed E-state index contributed by atoms with van der Waals surface area (Å²) in [6.07, 6.45) is 2.00. The number of amides is 2. The molecule has 2 amide bonds. The van der Waals surface area contributed by atoms with Crippen molar-refractivity contribution in [1.82, 2.24) is 29.1 Å². The Hall–Kier alpha value is -3.53. The lowest BCUT2D eigenvalue weighted by atomic mass is 9.96. The Morgan fingerprint density at radius 1 is 1.21 bits per heavy atom. The molecule has 5 rings (SSSR count). The zero-order valence-electron chi connectivity index (χ0n) is 25.2. The van der Waals surface area contributed by atoms with E-state index in [0.717, 1.165) is 0 Å². The predicted octanol–water partition coefficient (Wildman–Crippen LogP) is 4.26. The van der Waals surface area contributed by atoms with Gasteiger partial charge in [-0.15, -0.1) is 0 Å². The van der Waals surface area contributed by atoms with Crippen molar-refractivity contribution in [2.75, 3.05) is 25.5 Å². The van der Waals surface area contributed by atoms with E-state index in [1.54, 1.807) is 47.1 Å². The van der Waals surface area contributed by atoms with Gasteiger partial charge in [0.1, 0.15) is 25.1 Å². The minimum absolute atomic E-state index is 0.0969. The van der Waals surface area contributed by atoms with Gasteiger partial charge in [0.25, 0.3) is 20.3 Å². The van der Waals surface area contributed by atoms with Gasteiger partial charge in [0.05, 0.1) is 6.33 Å². The summed E-state index contributed by atoms with van der Waals surface area (Å²) < 4.78 is 23.5. The molecule has 13 nitrogen and oxygen atoms in total. The summed E-state index contributed by atoms with van der Waals surface area (Å²) in [6.45, 7) is 17.8. The lowest BCUT2D eigenvalue weighted by Crippen LogP contribution is -2.49. The predicted molar refractivity (Wildman–Crippen MR) is 161 cm³/mol. The molecule has 0 aliphatic carbocycles. The quantitative estimate of drug-likeness (QED) is 0.182. The van der Waals surface area contributed by atoms with E-state index < -0.39 is 32.5 Å². The van der Waals surface area contributed by atoms with Crippen molar-refractivity contribution in [1.29, 1.82) is 0 Å². The van der Waals surface area contributed by atoms with Crippen LogP contribution in [-0.2, 0) is 18.6 Å². The van der Waals surface area contributed by atoms with Crippen LogP contribution >= 0.6 is 8.53 Å². The Morgan fingerprint density at radius 2 is 1.93 bits per heavy atom. The second-order valence-electron chi connectivity index (χ2n) is 11.1. The number of hydrogen-bond acceptors (Lipinski definition) is 9. The normalized spacial score (nSPS) is 24.0. The molecule has 2 aliphatic heterocycles. The molecule has 1 aromatic carbocycles. The molecular weight excluding hydrogens is 571 g/mol. The maximum absolute atomic E-state index is 13.6. The van der Waals surface area contributed by atoms with E-state index in [0.29, 0.717) is 23.1 Å². The molecule has 3 aromatic rings. The van der Waals surface area contributed by atoms with E-state index in [9.17, 15) is 9.59 Å². The smallest absolute Gasteiger partial charge is 0.259 e. The van der Waals surface area contributed by atoms with Gasteiger partial charge >= 0.3 is 0 Å². The van der Waals surface area contributed by atoms with Gasteiger partial charge in [-0.3, -0.25) is 14.2 Å². The first-order valence-electron chi connectivity index (χ1n) is 14.3. The van der Waals surface area contributed by atoms with Crippen molar-refractivity contribution >= 4 is 37.3 Å². The number of nitrogens with zero attached hydrogens (tertiary/aromatic N) is 7. The highest BCUT2D eigenvalue weighted by Crippen LogP contribution is 2.57.